The van der Waals surface area contributed by atoms with Gasteiger partial charge in [-0.2, -0.15) is 0 Å². The van der Waals surface area contributed by atoms with Gasteiger partial charge in [-0.3, -0.25) is 0 Å². The number of rotatable bonds is 6. The zero-order valence-corrected chi connectivity index (χ0v) is 20.7. The summed E-state index contributed by atoms with van der Waals surface area (Å²) in [4.78, 5) is 0. The first kappa shape index (κ1) is 22.3. The van der Waals surface area contributed by atoms with Crippen LogP contribution in [0.1, 0.15) is 53.4 Å². The summed E-state index contributed by atoms with van der Waals surface area (Å²) in [7, 11) is 0. The van der Waals surface area contributed by atoms with Gasteiger partial charge >= 0.3 is 130 Å². The van der Waals surface area contributed by atoms with Crippen LogP contribution in [-0.4, -0.2) is 0 Å². The molecule has 2 aliphatic carbocycles. The molecule has 0 bridgehead atoms. The minimum atomic E-state index is -0.495. The van der Waals surface area contributed by atoms with E-state index in [1.807, 2.05) is 6.56 Å². The molecule has 0 aromatic carbocycles. The van der Waals surface area contributed by atoms with Crippen molar-refractivity contribution in [2.24, 2.45) is 11.8 Å². The molecule has 0 fully saturated rings. The van der Waals surface area contributed by atoms with Crippen molar-refractivity contribution in [2.45, 2.75) is 53.4 Å². The Morgan fingerprint density at radius 1 is 0.810 bits per heavy atom. The maximum absolute atomic E-state index is 2.40. The SMILES string of the molecule is CC(C)CC1=[C]([Zr][C]2=C(CC(C)C)C=CC2)CC=C1.I.I. The van der Waals surface area contributed by atoms with Gasteiger partial charge in [0.15, 0.2) is 0 Å². The Morgan fingerprint density at radius 2 is 1.19 bits per heavy atom. The van der Waals surface area contributed by atoms with E-state index in [1.54, 1.807) is 11.1 Å². The zero-order chi connectivity index (χ0) is 13.8. The van der Waals surface area contributed by atoms with Gasteiger partial charge in [-0.05, 0) is 0 Å². The minimum absolute atomic E-state index is 0. The van der Waals surface area contributed by atoms with E-state index >= 15 is 0 Å². The van der Waals surface area contributed by atoms with Crippen LogP contribution in [0.25, 0.3) is 0 Å². The molecule has 0 aromatic rings. The van der Waals surface area contributed by atoms with Gasteiger partial charge in [0, 0.05) is 0 Å². The summed E-state index contributed by atoms with van der Waals surface area (Å²) in [5, 5.41) is 0. The molecule has 0 radical (unpaired) electrons. The Morgan fingerprint density at radius 3 is 1.52 bits per heavy atom. The van der Waals surface area contributed by atoms with Gasteiger partial charge in [-0.25, -0.2) is 0 Å². The second-order valence-corrected chi connectivity index (χ2v) is 10.1. The summed E-state index contributed by atoms with van der Waals surface area (Å²) < 4.78 is 3.69. The first-order chi connectivity index (χ1) is 9.06. The van der Waals surface area contributed by atoms with Crippen LogP contribution in [0.4, 0.5) is 0 Å². The molecule has 0 spiro atoms. The molecule has 0 heterocycles. The first-order valence-corrected chi connectivity index (χ1v) is 10.1. The predicted octanol–water partition coefficient (Wildman–Crippen LogP) is 6.83. The van der Waals surface area contributed by atoms with Crippen LogP contribution in [0.15, 0.2) is 42.0 Å². The van der Waals surface area contributed by atoms with Crippen molar-refractivity contribution in [3.63, 3.8) is 0 Å². The number of halogens is 2. The third-order valence-electron chi connectivity index (χ3n) is 3.62. The smallest absolute Gasteiger partial charge is 0.107 e. The Bertz CT molecular complexity index is 412. The maximum atomic E-state index is 2.40. The topological polar surface area (TPSA) is 0 Å². The minimum Gasteiger partial charge on any atom is -0.107 e. The second kappa shape index (κ2) is 11.0. The van der Waals surface area contributed by atoms with E-state index < -0.39 is 23.2 Å². The van der Waals surface area contributed by atoms with Gasteiger partial charge in [-0.15, -0.1) is 48.0 Å². The van der Waals surface area contributed by atoms with E-state index in [0.717, 1.165) is 11.8 Å². The monoisotopic (exact) mass is 588 g/mol. The van der Waals surface area contributed by atoms with Crippen LogP contribution in [-0.2, 0) is 23.2 Å². The fraction of sp³-hybridized carbons (Fsp3) is 0.556. The summed E-state index contributed by atoms with van der Waals surface area (Å²) in [6, 6.07) is 0. The second-order valence-electron chi connectivity index (χ2n) is 6.54. The Hall–Kier alpha value is 1.30. The molecule has 2 aliphatic rings. The quantitative estimate of drug-likeness (QED) is 0.298. The maximum Gasteiger partial charge on any atom is -0.107 e. The van der Waals surface area contributed by atoms with Crippen molar-refractivity contribution in [3.8, 4) is 0 Å². The molecule has 118 valence electrons. The predicted molar refractivity (Wildman–Crippen MR) is 111 cm³/mol. The molecule has 0 amide bonds. The summed E-state index contributed by atoms with van der Waals surface area (Å²) in [6.07, 6.45) is 14.7. The van der Waals surface area contributed by atoms with Gasteiger partial charge in [0.2, 0.25) is 0 Å². The number of hydrogen-bond acceptors (Lipinski definition) is 0. The van der Waals surface area contributed by atoms with Crippen LogP contribution in [0.5, 0.6) is 0 Å². The van der Waals surface area contributed by atoms with Crippen molar-refractivity contribution in [1.82, 2.24) is 0 Å². The van der Waals surface area contributed by atoms with Crippen LogP contribution < -0.4 is 0 Å². The van der Waals surface area contributed by atoms with E-state index in [1.165, 1.54) is 25.7 Å². The summed E-state index contributed by atoms with van der Waals surface area (Å²) >= 11 is -0.495. The Labute approximate surface area is 176 Å². The third-order valence-corrected chi connectivity index (χ3v) is 7.68. The Balaban J connectivity index is 0.00000200. The van der Waals surface area contributed by atoms with Crippen LogP contribution in [0.2, 0.25) is 0 Å². The molecule has 21 heavy (non-hydrogen) atoms. The van der Waals surface area contributed by atoms with Crippen molar-refractivity contribution in [1.29, 1.82) is 0 Å². The van der Waals surface area contributed by atoms with E-state index in [9.17, 15) is 0 Å². The normalized spacial score (nSPS) is 16.9. The molecule has 0 saturated heterocycles. The van der Waals surface area contributed by atoms with Crippen molar-refractivity contribution in [2.75, 3.05) is 0 Å². The van der Waals surface area contributed by atoms with Gasteiger partial charge < -0.3 is 0 Å². The molecule has 0 atom stereocenters. The van der Waals surface area contributed by atoms with E-state index in [0.29, 0.717) is 0 Å². The molecule has 0 unspecified atom stereocenters. The van der Waals surface area contributed by atoms with Gasteiger partial charge in [0.25, 0.3) is 0 Å². The fourth-order valence-corrected chi connectivity index (χ4v) is 6.49. The summed E-state index contributed by atoms with van der Waals surface area (Å²) in [5.74, 6) is 1.58. The largest absolute Gasteiger partial charge is 0.107 e. The van der Waals surface area contributed by atoms with Crippen LogP contribution in [0, 0.1) is 11.8 Å². The van der Waals surface area contributed by atoms with E-state index in [-0.39, 0.29) is 48.0 Å². The van der Waals surface area contributed by atoms with Gasteiger partial charge in [-0.1, -0.05) is 0 Å². The van der Waals surface area contributed by atoms with Crippen molar-refractivity contribution in [3.05, 3.63) is 42.0 Å². The number of hydrogen-bond donors (Lipinski definition) is 0. The molecule has 0 N–H and O–H groups in total. The molecule has 0 aromatic heterocycles. The van der Waals surface area contributed by atoms with E-state index in [2.05, 4.69) is 52.0 Å². The molecule has 0 saturated carbocycles. The molecule has 0 nitrogen and oxygen atoms in total. The van der Waals surface area contributed by atoms with Crippen LogP contribution in [0.3, 0.4) is 0 Å². The molecule has 2 rings (SSSR count). The van der Waals surface area contributed by atoms with Gasteiger partial charge in [0.1, 0.15) is 0 Å². The van der Waals surface area contributed by atoms with Crippen molar-refractivity contribution >= 4 is 48.0 Å². The zero-order valence-electron chi connectivity index (χ0n) is 13.6. The third kappa shape index (κ3) is 7.16. The van der Waals surface area contributed by atoms with Gasteiger partial charge in [0.05, 0.1) is 0 Å². The standard InChI is InChI=1S/2C9H13.2HI.Zr/c2*1-8(2)7-9-5-3-4-6-9;;;/h2*3,5,8H,4,7H2,1-2H3;2*1H;. The summed E-state index contributed by atoms with van der Waals surface area (Å²) in [6.45, 7) is 9.34. The van der Waals surface area contributed by atoms with Crippen molar-refractivity contribution < 1.29 is 23.2 Å². The number of allylic oxidation sites excluding steroid dienone is 8. The summed E-state index contributed by atoms with van der Waals surface area (Å²) in [5.41, 5.74) is 3.37. The molecule has 3 heteroatoms. The first-order valence-electron chi connectivity index (χ1n) is 7.60. The molecule has 0 aliphatic heterocycles. The Kier molecular flexibility index (Phi) is 11.6. The van der Waals surface area contributed by atoms with Crippen LogP contribution >= 0.6 is 48.0 Å². The average Bonchev–Trinajstić information content (AvgIpc) is 2.89. The fourth-order valence-electron chi connectivity index (χ4n) is 2.81. The average molecular weight is 589 g/mol. The van der Waals surface area contributed by atoms with E-state index in [4.69, 9.17) is 0 Å². The molecular weight excluding hydrogens is 561 g/mol. The molecular formula is C18H28I2Zr.